The molecule has 1 amide bonds. The van der Waals surface area contributed by atoms with Crippen molar-refractivity contribution in [2.24, 2.45) is 0 Å². The highest BCUT2D eigenvalue weighted by Crippen LogP contribution is 2.37. The number of hydrogen-bond donors (Lipinski definition) is 1. The third-order valence-electron chi connectivity index (χ3n) is 6.14. The first-order valence-corrected chi connectivity index (χ1v) is 10.0. The molecule has 0 saturated carbocycles. The van der Waals surface area contributed by atoms with E-state index in [4.69, 9.17) is 0 Å². The van der Waals surface area contributed by atoms with Crippen molar-refractivity contribution in [2.45, 2.75) is 44.7 Å². The Morgan fingerprint density at radius 3 is 2.30 bits per heavy atom. The highest BCUT2D eigenvalue weighted by atomic mass is 16.2. The minimum atomic E-state index is -0.396. The van der Waals surface area contributed by atoms with Crippen molar-refractivity contribution in [2.75, 3.05) is 24.7 Å². The fraction of sp³-hybridized carbons (Fsp3) is 0.435. The molecule has 2 fully saturated rings. The fourth-order valence-corrected chi connectivity index (χ4v) is 4.39. The molecule has 1 spiro atoms. The summed E-state index contributed by atoms with van der Waals surface area (Å²) in [5, 5.41) is 3.10. The summed E-state index contributed by atoms with van der Waals surface area (Å²) in [5.41, 5.74) is 3.43. The van der Waals surface area contributed by atoms with Crippen LogP contribution in [0.15, 0.2) is 54.6 Å². The standard InChI is InChI=1S/C23H29N3O/c1-18(2)20-8-10-21(11-9-20)26-17-24-22(27)23(26)12-14-25(15-13-23)16-19-6-4-3-5-7-19/h3-11,18H,12-17H2,1-2H3,(H,24,27). The normalized spacial score (nSPS) is 19.7. The van der Waals surface area contributed by atoms with Crippen LogP contribution in [0.2, 0.25) is 0 Å². The zero-order valence-corrected chi connectivity index (χ0v) is 16.3. The van der Waals surface area contributed by atoms with Gasteiger partial charge in [0.2, 0.25) is 5.91 Å². The number of likely N-dealkylation sites (tertiary alicyclic amines) is 1. The Morgan fingerprint density at radius 1 is 1.00 bits per heavy atom. The van der Waals surface area contributed by atoms with Gasteiger partial charge in [-0.05, 0) is 42.0 Å². The third-order valence-corrected chi connectivity index (χ3v) is 6.14. The van der Waals surface area contributed by atoms with Crippen LogP contribution in [0.25, 0.3) is 0 Å². The number of carbonyl (C=O) groups excluding carboxylic acids is 1. The Labute approximate surface area is 162 Å². The number of carbonyl (C=O) groups is 1. The van der Waals surface area contributed by atoms with Crippen LogP contribution in [0.3, 0.4) is 0 Å². The molecule has 0 unspecified atom stereocenters. The van der Waals surface area contributed by atoms with Gasteiger partial charge in [0.25, 0.3) is 0 Å². The van der Waals surface area contributed by atoms with Crippen molar-refractivity contribution in [1.82, 2.24) is 10.2 Å². The molecular formula is C23H29N3O. The van der Waals surface area contributed by atoms with Gasteiger partial charge in [-0.2, -0.15) is 0 Å². The number of rotatable bonds is 4. The first kappa shape index (κ1) is 18.1. The van der Waals surface area contributed by atoms with Crippen LogP contribution in [-0.4, -0.2) is 36.1 Å². The zero-order valence-electron chi connectivity index (χ0n) is 16.3. The van der Waals surface area contributed by atoms with E-state index in [1.54, 1.807) is 0 Å². The average Bonchev–Trinajstić information content (AvgIpc) is 3.00. The maximum Gasteiger partial charge on any atom is 0.247 e. The summed E-state index contributed by atoms with van der Waals surface area (Å²) >= 11 is 0. The molecular weight excluding hydrogens is 334 g/mol. The van der Waals surface area contributed by atoms with Crippen LogP contribution >= 0.6 is 0 Å². The van der Waals surface area contributed by atoms with E-state index in [-0.39, 0.29) is 5.91 Å². The van der Waals surface area contributed by atoms with E-state index in [0.29, 0.717) is 12.6 Å². The SMILES string of the molecule is CC(C)c1ccc(N2CNC(=O)C23CCN(Cc2ccccc2)CC3)cc1. The molecule has 2 heterocycles. The Morgan fingerprint density at radius 2 is 1.67 bits per heavy atom. The van der Waals surface area contributed by atoms with Crippen molar-refractivity contribution >= 4 is 11.6 Å². The van der Waals surface area contributed by atoms with Crippen LogP contribution in [0.5, 0.6) is 0 Å². The molecule has 4 nitrogen and oxygen atoms in total. The topological polar surface area (TPSA) is 35.6 Å². The Bertz CT molecular complexity index is 777. The van der Waals surface area contributed by atoms with Gasteiger partial charge >= 0.3 is 0 Å². The van der Waals surface area contributed by atoms with Crippen LogP contribution in [0.4, 0.5) is 5.69 Å². The quantitative estimate of drug-likeness (QED) is 0.899. The molecule has 0 atom stereocenters. The lowest BCUT2D eigenvalue weighted by atomic mass is 9.85. The summed E-state index contributed by atoms with van der Waals surface area (Å²) in [4.78, 5) is 17.6. The molecule has 2 saturated heterocycles. The second-order valence-electron chi connectivity index (χ2n) is 8.13. The van der Waals surface area contributed by atoms with Gasteiger partial charge < -0.3 is 10.2 Å². The number of benzene rings is 2. The number of anilines is 1. The van der Waals surface area contributed by atoms with Crippen LogP contribution < -0.4 is 10.2 Å². The molecule has 142 valence electrons. The smallest absolute Gasteiger partial charge is 0.247 e. The summed E-state index contributed by atoms with van der Waals surface area (Å²) in [6.45, 7) is 7.88. The number of amides is 1. The van der Waals surface area contributed by atoms with Crippen molar-refractivity contribution in [3.05, 3.63) is 65.7 Å². The average molecular weight is 364 g/mol. The Kier molecular flexibility index (Phi) is 4.92. The van der Waals surface area contributed by atoms with E-state index >= 15 is 0 Å². The predicted molar refractivity (Wildman–Crippen MR) is 110 cm³/mol. The highest BCUT2D eigenvalue weighted by molar-refractivity contribution is 5.93. The monoisotopic (exact) mass is 363 g/mol. The lowest BCUT2D eigenvalue weighted by molar-refractivity contribution is -0.125. The van der Waals surface area contributed by atoms with Crippen molar-refractivity contribution < 1.29 is 4.79 Å². The van der Waals surface area contributed by atoms with E-state index in [9.17, 15) is 4.79 Å². The third kappa shape index (κ3) is 3.46. The summed E-state index contributed by atoms with van der Waals surface area (Å²) in [7, 11) is 0. The Balaban J connectivity index is 1.48. The fourth-order valence-electron chi connectivity index (χ4n) is 4.39. The van der Waals surface area contributed by atoms with Crippen molar-refractivity contribution in [3.8, 4) is 0 Å². The Hall–Kier alpha value is -2.33. The van der Waals surface area contributed by atoms with E-state index < -0.39 is 5.54 Å². The van der Waals surface area contributed by atoms with E-state index in [1.165, 1.54) is 11.1 Å². The summed E-state index contributed by atoms with van der Waals surface area (Å²) < 4.78 is 0. The molecule has 2 aromatic carbocycles. The minimum Gasteiger partial charge on any atom is -0.339 e. The molecule has 2 aliphatic heterocycles. The molecule has 0 aromatic heterocycles. The van der Waals surface area contributed by atoms with E-state index in [0.717, 1.165) is 38.2 Å². The van der Waals surface area contributed by atoms with Gasteiger partial charge in [-0.25, -0.2) is 0 Å². The first-order valence-electron chi connectivity index (χ1n) is 10.0. The maximum absolute atomic E-state index is 12.8. The predicted octanol–water partition coefficient (Wildman–Crippen LogP) is 3.74. The minimum absolute atomic E-state index is 0.190. The van der Waals surface area contributed by atoms with Crippen LogP contribution in [0, 0.1) is 0 Å². The number of nitrogens with zero attached hydrogens (tertiary/aromatic N) is 2. The molecule has 4 rings (SSSR count). The van der Waals surface area contributed by atoms with Gasteiger partial charge in [0.15, 0.2) is 0 Å². The molecule has 2 aliphatic rings. The van der Waals surface area contributed by atoms with Gasteiger partial charge in [0.1, 0.15) is 5.54 Å². The van der Waals surface area contributed by atoms with Gasteiger partial charge in [-0.3, -0.25) is 9.69 Å². The second-order valence-corrected chi connectivity index (χ2v) is 8.13. The maximum atomic E-state index is 12.8. The summed E-state index contributed by atoms with van der Waals surface area (Å²) in [6, 6.07) is 19.3. The number of nitrogens with one attached hydrogen (secondary N) is 1. The first-order chi connectivity index (χ1) is 13.1. The highest BCUT2D eigenvalue weighted by Gasteiger charge is 2.50. The number of hydrogen-bond acceptors (Lipinski definition) is 3. The number of piperidine rings is 1. The zero-order chi connectivity index (χ0) is 18.9. The molecule has 27 heavy (non-hydrogen) atoms. The van der Waals surface area contributed by atoms with Gasteiger partial charge in [0, 0.05) is 25.3 Å². The van der Waals surface area contributed by atoms with Crippen LogP contribution in [0.1, 0.15) is 43.7 Å². The van der Waals surface area contributed by atoms with Gasteiger partial charge in [-0.15, -0.1) is 0 Å². The van der Waals surface area contributed by atoms with Crippen LogP contribution in [-0.2, 0) is 11.3 Å². The molecule has 0 bridgehead atoms. The molecule has 4 heteroatoms. The van der Waals surface area contributed by atoms with Gasteiger partial charge in [0.05, 0.1) is 6.67 Å². The molecule has 0 aliphatic carbocycles. The molecule has 0 radical (unpaired) electrons. The lowest BCUT2D eigenvalue weighted by Gasteiger charge is -2.43. The van der Waals surface area contributed by atoms with Crippen molar-refractivity contribution in [1.29, 1.82) is 0 Å². The lowest BCUT2D eigenvalue weighted by Crippen LogP contribution is -2.56. The summed E-state index contributed by atoms with van der Waals surface area (Å²) in [6.07, 6.45) is 1.75. The van der Waals surface area contributed by atoms with Gasteiger partial charge in [-0.1, -0.05) is 56.3 Å². The van der Waals surface area contributed by atoms with E-state index in [1.807, 2.05) is 0 Å². The van der Waals surface area contributed by atoms with Crippen molar-refractivity contribution in [3.63, 3.8) is 0 Å². The largest absolute Gasteiger partial charge is 0.339 e. The second kappa shape index (κ2) is 7.35. The summed E-state index contributed by atoms with van der Waals surface area (Å²) in [5.74, 6) is 0.711. The molecule has 2 aromatic rings. The van der Waals surface area contributed by atoms with E-state index in [2.05, 4.69) is 83.6 Å². The molecule has 1 N–H and O–H groups in total.